The molecule has 1 aliphatic heterocycles. The van der Waals surface area contributed by atoms with Crippen LogP contribution in [0.5, 0.6) is 5.75 Å². The number of pyridine rings is 1. The van der Waals surface area contributed by atoms with Crippen LogP contribution in [0.2, 0.25) is 0 Å². The van der Waals surface area contributed by atoms with Crippen molar-refractivity contribution >= 4 is 33.1 Å². The third kappa shape index (κ3) is 4.79. The number of unbranched alkanes of at least 4 members (excludes halogenated alkanes) is 1. The molecule has 4 aromatic rings. The van der Waals surface area contributed by atoms with Crippen LogP contribution in [0.25, 0.3) is 27.2 Å². The molecule has 1 aromatic heterocycles. The van der Waals surface area contributed by atoms with Crippen LogP contribution in [0, 0.1) is 6.92 Å². The number of aryl methyl sites for hydroxylation is 3. The van der Waals surface area contributed by atoms with Crippen molar-refractivity contribution in [3.8, 4) is 5.75 Å². The first-order valence-corrected chi connectivity index (χ1v) is 15.1. The van der Waals surface area contributed by atoms with Crippen molar-refractivity contribution in [3.05, 3.63) is 94.6 Å². The molecule has 0 spiro atoms. The van der Waals surface area contributed by atoms with Gasteiger partial charge in [0.25, 0.3) is 0 Å². The lowest BCUT2D eigenvalue weighted by atomic mass is 9.79. The number of para-hydroxylation sites is 1. The zero-order valence-corrected chi connectivity index (χ0v) is 23.6. The van der Waals surface area contributed by atoms with Gasteiger partial charge in [-0.1, -0.05) is 60.2 Å². The first kappa shape index (κ1) is 25.3. The lowest BCUT2D eigenvalue weighted by molar-refractivity contribution is 0.252. The number of hydrogen-bond donors (Lipinski definition) is 1. The average Bonchev–Trinajstić information content (AvgIpc) is 2.99. The maximum absolute atomic E-state index is 10.6. The van der Waals surface area contributed by atoms with Crippen LogP contribution in [-0.2, 0) is 12.8 Å². The topological polar surface area (TPSA) is 39.6 Å². The molecular weight excluding hydrogens is 490 g/mol. The fraction of sp³-hybridized carbons (Fsp3) is 0.361. The molecule has 0 bridgehead atoms. The molecule has 2 aliphatic carbocycles. The highest BCUT2D eigenvalue weighted by Gasteiger charge is 2.22. The van der Waals surface area contributed by atoms with Gasteiger partial charge in [-0.15, -0.1) is 0 Å². The quantitative estimate of drug-likeness (QED) is 0.261. The van der Waals surface area contributed by atoms with Crippen LogP contribution in [0.4, 0.5) is 5.82 Å². The van der Waals surface area contributed by atoms with E-state index in [0.717, 1.165) is 55.9 Å². The van der Waals surface area contributed by atoms with Gasteiger partial charge in [0.15, 0.2) is 11.6 Å². The molecule has 3 aromatic carbocycles. The van der Waals surface area contributed by atoms with E-state index < -0.39 is 0 Å². The summed E-state index contributed by atoms with van der Waals surface area (Å²) in [6.07, 6.45) is 13.1. The minimum atomic E-state index is 0.283. The molecule has 7 rings (SSSR count). The van der Waals surface area contributed by atoms with Crippen LogP contribution in [-0.4, -0.2) is 47.7 Å². The highest BCUT2D eigenvalue weighted by molar-refractivity contribution is 5.94. The molecular formula is C36H39N3O. The van der Waals surface area contributed by atoms with E-state index in [9.17, 15) is 5.11 Å². The van der Waals surface area contributed by atoms with E-state index >= 15 is 0 Å². The number of benzene rings is 3. The van der Waals surface area contributed by atoms with Gasteiger partial charge in [-0.3, -0.25) is 4.90 Å². The molecule has 1 N–H and O–H groups in total. The Morgan fingerprint density at radius 1 is 0.875 bits per heavy atom. The summed E-state index contributed by atoms with van der Waals surface area (Å²) in [6, 6.07) is 19.5. The standard InChI is InChI=1S/C36H39N3O/c1-25-22-33-28(14-16-31-30-11-4-2-8-26(30)13-15-32(31)33)23-27(25)9-6-7-17-38-18-20-39(21-19-38)36-35(40)24-29-10-3-5-12-34(29)37-36/h3-5,10-12,14,16,22-24,40H,2,6-9,13,15,17-21H2,1H3. The fourth-order valence-electron chi connectivity index (χ4n) is 7.07. The smallest absolute Gasteiger partial charge is 0.171 e. The van der Waals surface area contributed by atoms with Crippen molar-refractivity contribution in [1.29, 1.82) is 0 Å². The summed E-state index contributed by atoms with van der Waals surface area (Å²) < 4.78 is 0. The van der Waals surface area contributed by atoms with Crippen molar-refractivity contribution in [2.24, 2.45) is 0 Å². The summed E-state index contributed by atoms with van der Waals surface area (Å²) in [5, 5.41) is 14.4. The largest absolute Gasteiger partial charge is 0.504 e. The van der Waals surface area contributed by atoms with Crippen LogP contribution in [0.15, 0.2) is 72.3 Å². The maximum atomic E-state index is 10.6. The van der Waals surface area contributed by atoms with Crippen molar-refractivity contribution in [2.45, 2.75) is 51.9 Å². The summed E-state index contributed by atoms with van der Waals surface area (Å²) in [5.74, 6) is 1.00. The van der Waals surface area contributed by atoms with Gasteiger partial charge in [-0.25, -0.2) is 4.98 Å². The summed E-state index contributed by atoms with van der Waals surface area (Å²) in [4.78, 5) is 9.56. The van der Waals surface area contributed by atoms with Crippen LogP contribution in [0.1, 0.15) is 54.4 Å². The molecule has 0 unspecified atom stereocenters. The van der Waals surface area contributed by atoms with E-state index in [1.54, 1.807) is 11.1 Å². The number of hydrogen-bond acceptors (Lipinski definition) is 4. The zero-order valence-electron chi connectivity index (χ0n) is 23.6. The number of anilines is 1. The van der Waals surface area contributed by atoms with Crippen molar-refractivity contribution < 1.29 is 5.11 Å². The lowest BCUT2D eigenvalue weighted by Gasteiger charge is -2.35. The Labute approximate surface area is 237 Å². The molecule has 40 heavy (non-hydrogen) atoms. The number of rotatable bonds is 6. The molecule has 204 valence electrons. The van der Waals surface area contributed by atoms with E-state index in [1.807, 2.05) is 30.3 Å². The molecule has 2 heterocycles. The van der Waals surface area contributed by atoms with Gasteiger partial charge in [-0.05, 0) is 109 Å². The zero-order chi connectivity index (χ0) is 27.1. The van der Waals surface area contributed by atoms with E-state index in [-0.39, 0.29) is 5.75 Å². The van der Waals surface area contributed by atoms with Crippen LogP contribution in [0.3, 0.4) is 0 Å². The van der Waals surface area contributed by atoms with E-state index in [4.69, 9.17) is 4.98 Å². The second kappa shape index (κ2) is 10.7. The second-order valence-corrected chi connectivity index (χ2v) is 11.9. The number of nitrogens with zero attached hydrogens (tertiary/aromatic N) is 3. The highest BCUT2D eigenvalue weighted by Crippen LogP contribution is 2.40. The molecule has 1 saturated heterocycles. The molecule has 0 radical (unpaired) electrons. The van der Waals surface area contributed by atoms with Gasteiger partial charge in [0.1, 0.15) is 0 Å². The summed E-state index contributed by atoms with van der Waals surface area (Å²) in [5.41, 5.74) is 10.1. The third-order valence-electron chi connectivity index (χ3n) is 9.36. The number of allylic oxidation sites excluding steroid dienone is 4. The SMILES string of the molecule is Cc1cc2c3c(ccc2cc1CCCCN1CCN(c2nc4ccccc4cc2O)CC1)C1=C(CCC=C1)CC3. The van der Waals surface area contributed by atoms with E-state index in [0.29, 0.717) is 0 Å². The first-order valence-electron chi connectivity index (χ1n) is 15.1. The van der Waals surface area contributed by atoms with Crippen molar-refractivity contribution in [2.75, 3.05) is 37.6 Å². The summed E-state index contributed by atoms with van der Waals surface area (Å²) >= 11 is 0. The second-order valence-electron chi connectivity index (χ2n) is 11.9. The fourth-order valence-corrected chi connectivity index (χ4v) is 7.07. The molecule has 4 nitrogen and oxygen atoms in total. The van der Waals surface area contributed by atoms with Gasteiger partial charge < -0.3 is 10.0 Å². The Kier molecular flexibility index (Phi) is 6.81. The van der Waals surface area contributed by atoms with Crippen molar-refractivity contribution in [1.82, 2.24) is 9.88 Å². The molecule has 0 atom stereocenters. The predicted octanol–water partition coefficient (Wildman–Crippen LogP) is 7.60. The van der Waals surface area contributed by atoms with Gasteiger partial charge >= 0.3 is 0 Å². The molecule has 0 amide bonds. The third-order valence-corrected chi connectivity index (χ3v) is 9.36. The minimum Gasteiger partial charge on any atom is -0.504 e. The molecule has 3 aliphatic rings. The summed E-state index contributed by atoms with van der Waals surface area (Å²) in [6.45, 7) is 7.28. The molecule has 1 fully saturated rings. The van der Waals surface area contributed by atoms with Crippen LogP contribution < -0.4 is 4.90 Å². The lowest BCUT2D eigenvalue weighted by Crippen LogP contribution is -2.47. The Hall–Kier alpha value is -3.63. The average molecular weight is 530 g/mol. The van der Waals surface area contributed by atoms with E-state index in [2.05, 4.69) is 53.1 Å². The number of piperazine rings is 1. The number of fused-ring (bicyclic) bond motifs is 5. The van der Waals surface area contributed by atoms with Crippen LogP contribution >= 0.6 is 0 Å². The Morgan fingerprint density at radius 3 is 2.65 bits per heavy atom. The first-order chi connectivity index (χ1) is 19.6. The van der Waals surface area contributed by atoms with Gasteiger partial charge in [0.05, 0.1) is 5.52 Å². The van der Waals surface area contributed by atoms with Gasteiger partial charge in [-0.2, -0.15) is 0 Å². The summed E-state index contributed by atoms with van der Waals surface area (Å²) in [7, 11) is 0. The van der Waals surface area contributed by atoms with Crippen molar-refractivity contribution in [3.63, 3.8) is 0 Å². The predicted molar refractivity (Wildman–Crippen MR) is 167 cm³/mol. The number of aromatic nitrogens is 1. The minimum absolute atomic E-state index is 0.283. The number of aromatic hydroxyl groups is 1. The normalized spacial score (nSPS) is 17.5. The Morgan fingerprint density at radius 2 is 1.75 bits per heavy atom. The highest BCUT2D eigenvalue weighted by atomic mass is 16.3. The monoisotopic (exact) mass is 529 g/mol. The van der Waals surface area contributed by atoms with E-state index in [1.165, 1.54) is 71.6 Å². The Balaban J connectivity index is 0.950. The molecule has 0 saturated carbocycles. The maximum Gasteiger partial charge on any atom is 0.171 e. The van der Waals surface area contributed by atoms with Gasteiger partial charge in [0, 0.05) is 31.6 Å². The Bertz CT molecular complexity index is 1640. The van der Waals surface area contributed by atoms with Gasteiger partial charge in [0.2, 0.25) is 0 Å². The molecule has 4 heteroatoms.